The molecule has 0 aliphatic rings. The molecule has 6 heteroatoms. The van der Waals surface area contributed by atoms with Crippen molar-refractivity contribution in [2.45, 2.75) is 0 Å². The van der Waals surface area contributed by atoms with Crippen molar-refractivity contribution in [1.82, 2.24) is 0 Å². The van der Waals surface area contributed by atoms with Crippen molar-refractivity contribution in [2.75, 3.05) is 0 Å². The van der Waals surface area contributed by atoms with Crippen LogP contribution in [0.25, 0.3) is 0 Å². The summed E-state index contributed by atoms with van der Waals surface area (Å²) in [6.45, 7) is 0. The van der Waals surface area contributed by atoms with Crippen molar-refractivity contribution in [3.8, 4) is 0 Å². The average molecular weight is 217 g/mol. The van der Waals surface area contributed by atoms with Gasteiger partial charge in [-0.25, -0.2) is 0 Å². The van der Waals surface area contributed by atoms with Crippen molar-refractivity contribution in [1.29, 1.82) is 0 Å². The van der Waals surface area contributed by atoms with Crippen LogP contribution >= 0.6 is 42.7 Å². The molecule has 0 fully saturated rings. The Labute approximate surface area is 59.2 Å². The molecule has 0 aromatic heterocycles. The fourth-order valence-corrected chi connectivity index (χ4v) is 0. The van der Waals surface area contributed by atoms with Crippen molar-refractivity contribution in [2.24, 2.45) is 0 Å². The van der Waals surface area contributed by atoms with E-state index in [9.17, 15) is 0 Å². The molecule has 0 amide bonds. The first-order chi connectivity index (χ1) is 1.73. The molecule has 0 aliphatic carbocycles. The van der Waals surface area contributed by atoms with Gasteiger partial charge in [0.25, 0.3) is 0 Å². The third-order valence-corrected chi connectivity index (χ3v) is 0. The quantitative estimate of drug-likeness (QED) is 0.552. The minimum atomic E-state index is -1.33. The van der Waals surface area contributed by atoms with Crippen LogP contribution in [0.3, 0.4) is 0 Å². The topological polar surface area (TPSA) is 31.5 Å². The number of hydrogen-bond acceptors (Lipinski definition) is 0. The first-order valence-electron chi connectivity index (χ1n) is 0.401. The van der Waals surface area contributed by atoms with E-state index in [1.165, 1.54) is 0 Å². The molecule has 0 bridgehead atoms. The Bertz CT molecular complexity index is 12.3. The van der Waals surface area contributed by atoms with Gasteiger partial charge in [-0.05, 0) is 0 Å². The summed E-state index contributed by atoms with van der Waals surface area (Å²) < 4.78 is 0. The van der Waals surface area contributed by atoms with E-state index in [1.807, 2.05) is 0 Å². The van der Waals surface area contributed by atoms with Gasteiger partial charge in [0, 0.05) is 0 Å². The summed E-state index contributed by atoms with van der Waals surface area (Å²) in [5, 5.41) is 0. The molecule has 0 radical (unpaired) electrons. The van der Waals surface area contributed by atoms with Gasteiger partial charge in [0.1, 0.15) is 0 Å². The Hall–Kier alpha value is 1.64. The molecule has 45 valence electrons. The molecule has 2 N–H and O–H groups in total. The zero-order valence-corrected chi connectivity index (χ0v) is 6.58. The van der Waals surface area contributed by atoms with Crippen LogP contribution in [0.2, 0.25) is 0 Å². The van der Waals surface area contributed by atoms with Crippen LogP contribution in [0.4, 0.5) is 0 Å². The fourth-order valence-electron chi connectivity index (χ4n) is 0. The summed E-state index contributed by atoms with van der Waals surface area (Å²) in [5.41, 5.74) is 0. The number of hydrogen-bond donors (Lipinski definition) is 0. The summed E-state index contributed by atoms with van der Waals surface area (Å²) in [6, 6.07) is 0. The summed E-state index contributed by atoms with van der Waals surface area (Å²) in [7, 11) is 14.7. The third-order valence-electron chi connectivity index (χ3n) is 0. The molecule has 0 rings (SSSR count). The molecule has 0 saturated heterocycles. The number of rotatable bonds is 0. The Morgan fingerprint density at radius 1 is 1.00 bits per heavy atom. The zero-order chi connectivity index (χ0) is 3.58. The second-order valence-corrected chi connectivity index (χ2v) is 5.62. The molecular formula is H3Cl4FeO. The van der Waals surface area contributed by atoms with Crippen LogP contribution in [0.15, 0.2) is 0 Å². The Kier molecular flexibility index (Phi) is 25.6. The second kappa shape index (κ2) is 9.81. The minimum absolute atomic E-state index is 0. The maximum atomic E-state index is 4.89. The second-order valence-electron chi connectivity index (χ2n) is 0.152. The average Bonchev–Trinajstić information content (AvgIpc) is 0.811. The predicted molar refractivity (Wildman–Crippen MR) is 28.4 cm³/mol. The molecule has 0 unspecified atom stereocenters. The summed E-state index contributed by atoms with van der Waals surface area (Å²) in [5.74, 6) is 0. The maximum absolute atomic E-state index is 4.89. The van der Waals surface area contributed by atoms with Gasteiger partial charge in [0.05, 0.1) is 0 Å². The Morgan fingerprint density at radius 2 is 1.00 bits per heavy atom. The standard InChI is InChI=1S/4ClH.Fe.H2O/h4*1H;;1H2/q;;;;+3;/p-3. The van der Waals surface area contributed by atoms with E-state index in [-0.39, 0.29) is 17.9 Å². The molecule has 0 aliphatic heterocycles. The fraction of sp³-hybridized carbons (Fsp3) is 0. The van der Waals surface area contributed by atoms with Gasteiger partial charge >= 0.3 is 41.5 Å². The van der Waals surface area contributed by atoms with Crippen molar-refractivity contribution in [3.63, 3.8) is 0 Å². The third kappa shape index (κ3) is 45.2. The van der Waals surface area contributed by atoms with E-state index in [0.717, 1.165) is 0 Å². The van der Waals surface area contributed by atoms with Gasteiger partial charge in [-0.2, -0.15) is 0 Å². The Balaban J connectivity index is -0.0000000450. The van der Waals surface area contributed by atoms with Gasteiger partial charge in [-0.3, -0.25) is 0 Å². The van der Waals surface area contributed by atoms with Crippen LogP contribution in [-0.4, -0.2) is 5.48 Å². The van der Waals surface area contributed by atoms with E-state index in [1.54, 1.807) is 0 Å². The summed E-state index contributed by atoms with van der Waals surface area (Å²) in [6.07, 6.45) is 0. The first kappa shape index (κ1) is 15.6. The van der Waals surface area contributed by atoms with Crippen LogP contribution in [0.5, 0.6) is 0 Å². The molecule has 0 atom stereocenters. The van der Waals surface area contributed by atoms with Crippen LogP contribution < -0.4 is 0 Å². The van der Waals surface area contributed by atoms with E-state index in [2.05, 4.69) is 0 Å². The molecule has 1 nitrogen and oxygen atoms in total. The van der Waals surface area contributed by atoms with Gasteiger partial charge in [-0.15, -0.1) is 12.4 Å². The van der Waals surface area contributed by atoms with Gasteiger partial charge in [0.15, 0.2) is 0 Å². The molecule has 0 aromatic rings. The Morgan fingerprint density at radius 3 is 1.00 bits per heavy atom. The van der Waals surface area contributed by atoms with Crippen LogP contribution in [0.1, 0.15) is 0 Å². The van der Waals surface area contributed by atoms with Gasteiger partial charge in [-0.1, -0.05) is 0 Å². The van der Waals surface area contributed by atoms with Gasteiger partial charge < -0.3 is 5.48 Å². The van der Waals surface area contributed by atoms with Crippen molar-refractivity contribution in [3.05, 3.63) is 0 Å². The summed E-state index contributed by atoms with van der Waals surface area (Å²) in [4.78, 5) is 0. The SMILES string of the molecule is Cl.O.[Cl][Fe]([Cl])[Cl]. The van der Waals surface area contributed by atoms with Crippen molar-refractivity contribution < 1.29 is 16.6 Å². The monoisotopic (exact) mass is 215 g/mol. The molecule has 6 heavy (non-hydrogen) atoms. The van der Waals surface area contributed by atoms with Gasteiger partial charge in [0.2, 0.25) is 0 Å². The normalized spacial score (nSPS) is 7.50. The van der Waals surface area contributed by atoms with E-state index in [0.29, 0.717) is 0 Å². The first-order valence-corrected chi connectivity index (χ1v) is 4.96. The molecule has 0 spiro atoms. The van der Waals surface area contributed by atoms with E-state index >= 15 is 0 Å². The van der Waals surface area contributed by atoms with E-state index in [4.69, 9.17) is 30.3 Å². The molecule has 0 heterocycles. The van der Waals surface area contributed by atoms with Crippen LogP contribution in [-0.2, 0) is 11.2 Å². The van der Waals surface area contributed by atoms with Crippen LogP contribution in [0, 0.1) is 0 Å². The predicted octanol–water partition coefficient (Wildman–Crippen LogP) is 1.66. The molecule has 0 saturated carbocycles. The zero-order valence-electron chi connectivity index (χ0n) is 2.40. The van der Waals surface area contributed by atoms with E-state index < -0.39 is 11.2 Å². The van der Waals surface area contributed by atoms with Crippen molar-refractivity contribution >= 4 is 42.7 Å². The number of halogens is 4. The molecular weight excluding hydrogens is 214 g/mol. The summed E-state index contributed by atoms with van der Waals surface area (Å²) >= 11 is -1.33. The molecule has 0 aromatic carbocycles.